The summed E-state index contributed by atoms with van der Waals surface area (Å²) >= 11 is 1.10. The number of carbonyl (C=O) groups excluding carboxylic acids is 2. The van der Waals surface area contributed by atoms with E-state index in [-0.39, 0.29) is 24.7 Å². The Kier molecular flexibility index (Phi) is 17.5. The van der Waals surface area contributed by atoms with Gasteiger partial charge in [-0.3, -0.25) is 24.4 Å². The van der Waals surface area contributed by atoms with Crippen LogP contribution in [0.4, 0.5) is 5.69 Å². The molecule has 2 aromatic rings. The fraction of sp³-hybridized carbons (Fsp3) is 0.571. The molecule has 0 saturated carbocycles. The van der Waals surface area contributed by atoms with Gasteiger partial charge in [-0.15, -0.1) is 11.8 Å². The third-order valence-electron chi connectivity index (χ3n) is 8.72. The third kappa shape index (κ3) is 12.5. The first-order valence-electron chi connectivity index (χ1n) is 17.2. The van der Waals surface area contributed by atoms with Crippen LogP contribution in [0.25, 0.3) is 0 Å². The molecule has 0 aliphatic carbocycles. The Hall–Kier alpha value is -3.76. The molecule has 1 fully saturated rings. The second-order valence-corrected chi connectivity index (χ2v) is 13.7. The van der Waals surface area contributed by atoms with Crippen molar-refractivity contribution in [2.45, 2.75) is 57.0 Å². The van der Waals surface area contributed by atoms with Crippen molar-refractivity contribution in [3.63, 3.8) is 0 Å². The molecule has 0 radical (unpaired) electrons. The molecule has 3 rings (SSSR count). The summed E-state index contributed by atoms with van der Waals surface area (Å²) in [6.45, 7) is 13.1. The number of thioether (sulfide) groups is 1. The number of aldehydes is 1. The zero-order valence-electron chi connectivity index (χ0n) is 29.8. The van der Waals surface area contributed by atoms with Gasteiger partial charge in [-0.05, 0) is 30.8 Å². The van der Waals surface area contributed by atoms with Gasteiger partial charge in [-0.2, -0.15) is 0 Å². The molecule has 1 aromatic carbocycles. The van der Waals surface area contributed by atoms with Crippen molar-refractivity contribution >= 4 is 48.2 Å². The lowest BCUT2D eigenvalue weighted by molar-refractivity contribution is -0.138. The molecule has 1 aromatic heterocycles. The Bertz CT molecular complexity index is 1430. The van der Waals surface area contributed by atoms with Crippen molar-refractivity contribution in [2.75, 3.05) is 77.7 Å². The van der Waals surface area contributed by atoms with Crippen molar-refractivity contribution in [3.8, 4) is 5.75 Å². The molecule has 1 aliphatic heterocycles. The van der Waals surface area contributed by atoms with E-state index in [0.717, 1.165) is 93.0 Å². The summed E-state index contributed by atoms with van der Waals surface area (Å²) in [4.78, 5) is 50.5. The van der Waals surface area contributed by atoms with Crippen LogP contribution in [0.3, 0.4) is 0 Å². The number of amides is 1. The van der Waals surface area contributed by atoms with Crippen LogP contribution in [0.15, 0.2) is 40.4 Å². The number of carboxylic acid groups (broad SMARTS) is 1. The second-order valence-electron chi connectivity index (χ2n) is 12.4. The first-order valence-corrected chi connectivity index (χ1v) is 18.2. The molecule has 50 heavy (non-hydrogen) atoms. The van der Waals surface area contributed by atoms with E-state index >= 15 is 0 Å². The molecule has 276 valence electrons. The first-order chi connectivity index (χ1) is 24.1. The standard InChI is InChI=1S/C35H55N9O5S/c1-5-6-7-11-39-34(38-2)33-30(40-25-36)10-12-44(33)22-27-9-8-26(19-31(27)49-4)21-43-17-15-42(16-18-43)14-13-41(3)32(46)20-28(23-45)50-24-29(37)35(47)48/h8-10,12,19,23,28-29,40H,2,5-7,11,13-18,20-22,24-25,36-37H2,1,3-4H3,(H,47,48). The maximum absolute atomic E-state index is 12.7. The summed E-state index contributed by atoms with van der Waals surface area (Å²) in [6, 6.07) is 7.29. The molecule has 1 amide bonds. The summed E-state index contributed by atoms with van der Waals surface area (Å²) in [5, 5.41) is 11.5. The van der Waals surface area contributed by atoms with E-state index < -0.39 is 17.3 Å². The highest BCUT2D eigenvalue weighted by Gasteiger charge is 2.22. The molecule has 2 heterocycles. The van der Waals surface area contributed by atoms with E-state index in [0.29, 0.717) is 31.8 Å². The van der Waals surface area contributed by atoms with E-state index in [2.05, 4.69) is 56.5 Å². The minimum Gasteiger partial charge on any atom is -0.496 e. The lowest BCUT2D eigenvalue weighted by atomic mass is 10.1. The molecule has 0 spiro atoms. The highest BCUT2D eigenvalue weighted by atomic mass is 32.2. The second kappa shape index (κ2) is 21.5. The van der Waals surface area contributed by atoms with Crippen LogP contribution in [-0.2, 0) is 27.5 Å². The van der Waals surface area contributed by atoms with Crippen LogP contribution >= 0.6 is 11.8 Å². The highest BCUT2D eigenvalue weighted by molar-refractivity contribution is 8.00. The first kappa shape index (κ1) is 40.7. The van der Waals surface area contributed by atoms with Crippen molar-refractivity contribution < 1.29 is 24.2 Å². The number of piperazine rings is 1. The quantitative estimate of drug-likeness (QED) is 0.0461. The molecular weight excluding hydrogens is 659 g/mol. The van der Waals surface area contributed by atoms with Crippen molar-refractivity contribution in [2.24, 2.45) is 21.5 Å². The van der Waals surface area contributed by atoms with Gasteiger partial charge in [0.2, 0.25) is 5.91 Å². The molecule has 14 nitrogen and oxygen atoms in total. The lowest BCUT2D eigenvalue weighted by Gasteiger charge is -2.35. The average molecular weight is 714 g/mol. The fourth-order valence-electron chi connectivity index (χ4n) is 5.67. The summed E-state index contributed by atoms with van der Waals surface area (Å²) in [6.07, 6.45) is 5.95. The molecule has 2 unspecified atom stereocenters. The normalized spacial score (nSPS) is 15.3. The molecule has 1 saturated heterocycles. The monoisotopic (exact) mass is 713 g/mol. The van der Waals surface area contributed by atoms with E-state index in [9.17, 15) is 14.4 Å². The predicted molar refractivity (Wildman–Crippen MR) is 202 cm³/mol. The number of aliphatic imine (C=N–C) groups is 2. The number of likely N-dealkylation sites (N-methyl/N-ethyl adjacent to an activating group) is 1. The zero-order valence-corrected chi connectivity index (χ0v) is 30.6. The maximum Gasteiger partial charge on any atom is 0.321 e. The number of carboxylic acids is 1. The van der Waals surface area contributed by atoms with E-state index in [1.807, 2.05) is 12.3 Å². The Balaban J connectivity index is 1.53. The van der Waals surface area contributed by atoms with Crippen LogP contribution < -0.4 is 21.5 Å². The number of benzene rings is 1. The van der Waals surface area contributed by atoms with Crippen LogP contribution in [0.5, 0.6) is 5.75 Å². The third-order valence-corrected chi connectivity index (χ3v) is 9.97. The van der Waals surface area contributed by atoms with E-state index in [1.54, 1.807) is 19.1 Å². The van der Waals surface area contributed by atoms with Gasteiger partial charge in [0.1, 0.15) is 23.8 Å². The van der Waals surface area contributed by atoms with Gasteiger partial charge in [-0.1, -0.05) is 31.9 Å². The maximum atomic E-state index is 12.7. The van der Waals surface area contributed by atoms with Gasteiger partial charge in [-0.25, -0.2) is 4.99 Å². The van der Waals surface area contributed by atoms with Crippen LogP contribution in [0, 0.1) is 0 Å². The van der Waals surface area contributed by atoms with Crippen LogP contribution in [0.1, 0.15) is 49.4 Å². The lowest BCUT2D eigenvalue weighted by Crippen LogP contribution is -2.48. The summed E-state index contributed by atoms with van der Waals surface area (Å²) < 4.78 is 7.95. The smallest absolute Gasteiger partial charge is 0.321 e. The van der Waals surface area contributed by atoms with Gasteiger partial charge in [0.15, 0.2) is 5.84 Å². The summed E-state index contributed by atoms with van der Waals surface area (Å²) in [5.41, 5.74) is 15.3. The Morgan fingerprint density at radius 3 is 2.56 bits per heavy atom. The Morgan fingerprint density at radius 1 is 1.18 bits per heavy atom. The number of ether oxygens (including phenoxy) is 1. The number of carbonyl (C=O) groups is 3. The van der Waals surface area contributed by atoms with E-state index in [4.69, 9.17) is 26.3 Å². The van der Waals surface area contributed by atoms with Gasteiger partial charge >= 0.3 is 5.97 Å². The van der Waals surface area contributed by atoms with Crippen molar-refractivity contribution in [1.82, 2.24) is 19.3 Å². The number of unbranched alkanes of at least 4 members (excludes halogenated alkanes) is 2. The number of hydrogen-bond donors (Lipinski definition) is 4. The number of amidine groups is 1. The topological polar surface area (TPSA) is 184 Å². The number of nitrogens with one attached hydrogen (secondary N) is 1. The Morgan fingerprint density at radius 2 is 1.92 bits per heavy atom. The van der Waals surface area contributed by atoms with Crippen molar-refractivity contribution in [3.05, 3.63) is 47.3 Å². The molecule has 2 atom stereocenters. The molecular formula is C35H55N9O5S. The van der Waals surface area contributed by atoms with E-state index in [1.165, 1.54) is 5.56 Å². The number of aromatic nitrogens is 1. The van der Waals surface area contributed by atoms with Gasteiger partial charge in [0.05, 0.1) is 31.3 Å². The summed E-state index contributed by atoms with van der Waals surface area (Å²) in [5.74, 6) is 0.204. The van der Waals surface area contributed by atoms with Gasteiger partial charge in [0, 0.05) is 83.3 Å². The number of nitrogens with two attached hydrogens (primary N) is 2. The van der Waals surface area contributed by atoms with Gasteiger partial charge < -0.3 is 40.9 Å². The average Bonchev–Trinajstić information content (AvgIpc) is 3.51. The SMILES string of the molecule is C=NC(=NCCCCC)c1c(NCN)ccn1Cc1ccc(CN2CCN(CCN(C)C(=O)CC(C=O)SCC(N)C(=O)O)CC2)cc1OC. The number of methoxy groups -OCH3 is 1. The van der Waals surface area contributed by atoms with Crippen LogP contribution in [0.2, 0.25) is 0 Å². The predicted octanol–water partition coefficient (Wildman–Crippen LogP) is 2.19. The Labute approximate surface area is 300 Å². The molecule has 6 N–H and O–H groups in total. The number of aliphatic carboxylic acids is 1. The minimum atomic E-state index is -1.13. The molecule has 0 bridgehead atoms. The minimum absolute atomic E-state index is 0.0204. The fourth-order valence-corrected chi connectivity index (χ4v) is 6.61. The molecule has 1 aliphatic rings. The molecule has 15 heteroatoms. The van der Waals surface area contributed by atoms with Crippen molar-refractivity contribution in [1.29, 1.82) is 0 Å². The van der Waals surface area contributed by atoms with Gasteiger partial charge in [0.25, 0.3) is 0 Å². The highest BCUT2D eigenvalue weighted by Crippen LogP contribution is 2.26. The van der Waals surface area contributed by atoms with Crippen LogP contribution in [-0.4, -0.2) is 139 Å². The number of hydrogen-bond acceptors (Lipinski definition) is 11. The number of rotatable bonds is 22. The number of anilines is 1. The zero-order chi connectivity index (χ0) is 36.5. The summed E-state index contributed by atoms with van der Waals surface area (Å²) in [7, 11) is 3.43. The number of nitrogens with zero attached hydrogens (tertiary/aromatic N) is 6. The largest absolute Gasteiger partial charge is 0.496 e.